The average Bonchev–Trinajstić information content (AvgIpc) is 3.10. The molecule has 0 aromatic carbocycles. The summed E-state index contributed by atoms with van der Waals surface area (Å²) in [5.74, 6) is 0.588. The molecule has 0 bridgehead atoms. The Balaban J connectivity index is -0.000000235. The molecule has 53 heavy (non-hydrogen) atoms. The Morgan fingerprint density at radius 1 is 0.396 bits per heavy atom. The summed E-state index contributed by atoms with van der Waals surface area (Å²) in [6.45, 7) is 27.5. The van der Waals surface area contributed by atoms with Crippen molar-refractivity contribution in [3.05, 3.63) is 0 Å². The molecule has 2 N–H and O–H groups in total. The number of hydrogen-bond donors (Lipinski definition) is 1. The Labute approximate surface area is 349 Å². The van der Waals surface area contributed by atoms with Crippen molar-refractivity contribution in [1.82, 2.24) is 0 Å². The predicted octanol–water partition coefficient (Wildman–Crippen LogP) is 1.56. The van der Waals surface area contributed by atoms with Crippen LogP contribution < -0.4 is 29.6 Å². The Hall–Kier alpha value is 0.690. The normalized spacial score (nSPS) is 11.0. The molecule has 0 heterocycles. The standard InChI is InChI=1S/C18H38O7.C11H24O5.C7H15ClO2.Na.H2O/c1-5-23-18(24-6-2)7-8-19-9-10-20-11-12-21-13-14-22-15-16-25-17(3)4;1-11(2)16-10-9-15-8-7-14-6-5-13-4-3-12;1-3-9-7(5-6-8)10-4-2;;/h17-18H,5-16H2,1-4H3;11-12H,3-10H2,1-2H3;7H,3-6H2,1-2H3;;1H2/q;;;+1;/p-1. The molecule has 0 radical (unpaired) electrons. The maximum atomic E-state index is 8.43. The molecule has 0 aliphatic heterocycles. The first-order valence-corrected chi connectivity index (χ1v) is 19.3. The summed E-state index contributed by atoms with van der Waals surface area (Å²) in [6.07, 6.45) is 1.72. The number of ether oxygens (including phenoxy) is 13. The predicted molar refractivity (Wildman–Crippen MR) is 201 cm³/mol. The largest absolute Gasteiger partial charge is 1.00 e. The first kappa shape index (κ1) is 62.9. The quantitative estimate of drug-likeness (QED) is 0.0413. The fraction of sp³-hybridized carbons (Fsp3) is 1.00. The van der Waals surface area contributed by atoms with Gasteiger partial charge in [0.15, 0.2) is 12.6 Å². The van der Waals surface area contributed by atoms with Gasteiger partial charge < -0.3 is 72.2 Å². The van der Waals surface area contributed by atoms with Crippen LogP contribution in [0, 0.1) is 0 Å². The number of rotatable bonds is 38. The second kappa shape index (κ2) is 57.0. The van der Waals surface area contributed by atoms with E-state index in [2.05, 4.69) is 0 Å². The van der Waals surface area contributed by atoms with E-state index in [4.69, 9.17) is 78.3 Å². The van der Waals surface area contributed by atoms with E-state index < -0.39 is 0 Å². The number of alkyl halides is 1. The van der Waals surface area contributed by atoms with E-state index in [1.54, 1.807) is 0 Å². The van der Waals surface area contributed by atoms with Crippen molar-refractivity contribution in [3.63, 3.8) is 0 Å². The van der Waals surface area contributed by atoms with Gasteiger partial charge in [0, 0.05) is 45.1 Å². The summed E-state index contributed by atoms with van der Waals surface area (Å²) in [5.41, 5.74) is 0. The molecule has 0 aliphatic rings. The molecule has 17 heteroatoms. The van der Waals surface area contributed by atoms with Gasteiger partial charge in [0.05, 0.1) is 125 Å². The van der Waals surface area contributed by atoms with Crippen LogP contribution in [-0.4, -0.2) is 180 Å². The fourth-order valence-electron chi connectivity index (χ4n) is 3.50. The molecule has 320 valence electrons. The topological polar surface area (TPSA) is 170 Å². The van der Waals surface area contributed by atoms with Crippen LogP contribution in [0.15, 0.2) is 0 Å². The number of aliphatic hydroxyl groups is 1. The van der Waals surface area contributed by atoms with Gasteiger partial charge in [-0.25, -0.2) is 0 Å². The monoisotopic (exact) mass is 808 g/mol. The van der Waals surface area contributed by atoms with E-state index in [-0.39, 0.29) is 66.4 Å². The van der Waals surface area contributed by atoms with Gasteiger partial charge in [-0.3, -0.25) is 0 Å². The zero-order valence-electron chi connectivity index (χ0n) is 34.9. The van der Waals surface area contributed by atoms with Gasteiger partial charge in [-0.05, 0) is 55.4 Å². The minimum Gasteiger partial charge on any atom is -0.870 e. The van der Waals surface area contributed by atoms with Crippen LogP contribution in [0.5, 0.6) is 0 Å². The molecule has 0 aliphatic carbocycles. The van der Waals surface area contributed by atoms with E-state index in [1.165, 1.54) is 0 Å². The van der Waals surface area contributed by atoms with Crippen molar-refractivity contribution >= 4 is 11.6 Å². The molecule has 0 saturated heterocycles. The van der Waals surface area contributed by atoms with Gasteiger partial charge in [0.2, 0.25) is 0 Å². The first-order valence-electron chi connectivity index (χ1n) is 18.7. The maximum absolute atomic E-state index is 8.43. The summed E-state index contributed by atoms with van der Waals surface area (Å²) < 4.78 is 69.2. The summed E-state index contributed by atoms with van der Waals surface area (Å²) in [7, 11) is 0. The second-order valence-corrected chi connectivity index (χ2v) is 11.2. The Bertz CT molecular complexity index is 585. The van der Waals surface area contributed by atoms with Crippen LogP contribution in [0.3, 0.4) is 0 Å². The van der Waals surface area contributed by atoms with Gasteiger partial charge in [-0.1, -0.05) is 0 Å². The molecule has 0 saturated carbocycles. The van der Waals surface area contributed by atoms with Gasteiger partial charge in [0.25, 0.3) is 0 Å². The van der Waals surface area contributed by atoms with Gasteiger partial charge in [-0.15, -0.1) is 11.6 Å². The average molecular weight is 809 g/mol. The van der Waals surface area contributed by atoms with E-state index in [1.807, 2.05) is 55.4 Å². The van der Waals surface area contributed by atoms with E-state index in [0.717, 1.165) is 12.8 Å². The van der Waals surface area contributed by atoms with Crippen molar-refractivity contribution in [1.29, 1.82) is 0 Å². The number of aliphatic hydroxyl groups excluding tert-OH is 1. The van der Waals surface area contributed by atoms with Crippen LogP contribution >= 0.6 is 11.6 Å². The third-order valence-electron chi connectivity index (χ3n) is 5.71. The number of halogens is 1. The molecule has 0 rings (SSSR count). The van der Waals surface area contributed by atoms with Crippen LogP contribution in [0.2, 0.25) is 0 Å². The summed E-state index contributed by atoms with van der Waals surface area (Å²) in [5, 5.41) is 8.43. The van der Waals surface area contributed by atoms with Gasteiger partial charge in [0.1, 0.15) is 0 Å². The Kier molecular flexibility index (Phi) is 67.6. The van der Waals surface area contributed by atoms with Crippen LogP contribution in [0.4, 0.5) is 0 Å². The molecular formula is C36H78ClNaO15. The minimum atomic E-state index is -0.177. The Morgan fingerprint density at radius 3 is 0.925 bits per heavy atom. The maximum Gasteiger partial charge on any atom is 1.00 e. The van der Waals surface area contributed by atoms with E-state index >= 15 is 0 Å². The SMILES string of the molecule is CC(C)OCCOCCOCCOCCO.CCOC(CCCl)OCC.CCOC(CCOCCOCCOCCOCCOC(C)C)OCC.[Na+].[OH-]. The van der Waals surface area contributed by atoms with Crippen molar-refractivity contribution in [3.8, 4) is 0 Å². The smallest absolute Gasteiger partial charge is 0.870 e. The molecule has 15 nitrogen and oxygen atoms in total. The van der Waals surface area contributed by atoms with Gasteiger partial charge >= 0.3 is 29.6 Å². The molecule has 0 unspecified atom stereocenters. The summed E-state index contributed by atoms with van der Waals surface area (Å²) in [6, 6.07) is 0. The zero-order valence-corrected chi connectivity index (χ0v) is 37.6. The molecular weight excluding hydrogens is 731 g/mol. The van der Waals surface area contributed by atoms with Crippen molar-refractivity contribution in [2.75, 3.05) is 145 Å². The van der Waals surface area contributed by atoms with Gasteiger partial charge in [-0.2, -0.15) is 0 Å². The minimum absolute atomic E-state index is 0. The van der Waals surface area contributed by atoms with Crippen LogP contribution in [0.1, 0.15) is 68.2 Å². The fourth-order valence-corrected chi connectivity index (χ4v) is 3.67. The van der Waals surface area contributed by atoms with E-state index in [0.29, 0.717) is 138 Å². The zero-order chi connectivity index (χ0) is 38.5. The number of hydrogen-bond acceptors (Lipinski definition) is 15. The van der Waals surface area contributed by atoms with Crippen molar-refractivity contribution in [2.45, 2.75) is 93.0 Å². The van der Waals surface area contributed by atoms with Crippen molar-refractivity contribution in [2.24, 2.45) is 0 Å². The molecule has 0 aromatic heterocycles. The third kappa shape index (κ3) is 62.1. The molecule has 0 fully saturated rings. The molecule has 0 atom stereocenters. The molecule has 0 aromatic rings. The van der Waals surface area contributed by atoms with Crippen molar-refractivity contribution < 1.29 is 102 Å². The Morgan fingerprint density at radius 2 is 0.660 bits per heavy atom. The second-order valence-electron chi connectivity index (χ2n) is 10.8. The first-order chi connectivity index (χ1) is 24.8. The third-order valence-corrected chi connectivity index (χ3v) is 5.92. The van der Waals surface area contributed by atoms with E-state index in [9.17, 15) is 0 Å². The van der Waals surface area contributed by atoms with Crippen LogP contribution in [-0.2, 0) is 61.6 Å². The molecule has 0 amide bonds. The van der Waals surface area contributed by atoms with Crippen LogP contribution in [0.25, 0.3) is 0 Å². The summed E-state index contributed by atoms with van der Waals surface area (Å²) in [4.78, 5) is 0. The molecule has 0 spiro atoms. The summed E-state index contributed by atoms with van der Waals surface area (Å²) >= 11 is 5.51.